The predicted octanol–water partition coefficient (Wildman–Crippen LogP) is 2.80. The molecule has 18 heavy (non-hydrogen) atoms. The van der Waals surface area contributed by atoms with Gasteiger partial charge in [0.25, 0.3) is 0 Å². The molecule has 2 fully saturated rings. The van der Waals surface area contributed by atoms with Crippen molar-refractivity contribution in [1.29, 1.82) is 0 Å². The van der Waals surface area contributed by atoms with Crippen LogP contribution in [-0.2, 0) is 0 Å². The van der Waals surface area contributed by atoms with Gasteiger partial charge in [0.2, 0.25) is 0 Å². The Morgan fingerprint density at radius 3 is 2.67 bits per heavy atom. The van der Waals surface area contributed by atoms with Crippen LogP contribution < -0.4 is 0 Å². The smallest absolute Gasteiger partial charge is 0.407 e. The van der Waals surface area contributed by atoms with E-state index in [1.807, 2.05) is 6.92 Å². The largest absolute Gasteiger partial charge is 0.465 e. The van der Waals surface area contributed by atoms with Crippen molar-refractivity contribution in [1.82, 2.24) is 4.90 Å². The minimum atomic E-state index is -1.11. The van der Waals surface area contributed by atoms with Gasteiger partial charge in [0.05, 0.1) is 6.04 Å². The van der Waals surface area contributed by atoms with Crippen LogP contribution in [0.2, 0.25) is 0 Å². The van der Waals surface area contributed by atoms with Crippen molar-refractivity contribution < 1.29 is 14.3 Å². The van der Waals surface area contributed by atoms with Gasteiger partial charge in [-0.3, -0.25) is 0 Å². The fourth-order valence-corrected chi connectivity index (χ4v) is 3.41. The molecule has 1 spiro atoms. The second kappa shape index (κ2) is 4.65. The molecule has 100 valence electrons. The van der Waals surface area contributed by atoms with Crippen LogP contribution in [0.1, 0.15) is 26.2 Å². The van der Waals surface area contributed by atoms with Gasteiger partial charge in [-0.1, -0.05) is 12.0 Å². The summed E-state index contributed by atoms with van der Waals surface area (Å²) in [5.74, 6) is -0.128. The summed E-state index contributed by atoms with van der Waals surface area (Å²) < 4.78 is 14.1. The second-order valence-electron chi connectivity index (χ2n) is 5.41. The number of hydrogen-bond donors (Lipinski definition) is 1. The molecule has 1 aliphatic carbocycles. The van der Waals surface area contributed by atoms with Crippen LogP contribution in [0.5, 0.6) is 0 Å². The van der Waals surface area contributed by atoms with Crippen molar-refractivity contribution in [3.63, 3.8) is 0 Å². The number of nitrogens with zero attached hydrogens (tertiary/aromatic N) is 4. The fourth-order valence-electron chi connectivity index (χ4n) is 3.41. The van der Waals surface area contributed by atoms with E-state index in [0.29, 0.717) is 32.4 Å². The number of amides is 1. The summed E-state index contributed by atoms with van der Waals surface area (Å²) in [5.41, 5.74) is 8.22. The maximum Gasteiger partial charge on any atom is 0.407 e. The topological polar surface area (TPSA) is 89.3 Å². The third-order valence-electron chi connectivity index (χ3n) is 4.41. The lowest BCUT2D eigenvalue weighted by Gasteiger charge is -2.41. The third kappa shape index (κ3) is 1.99. The number of carbonyl (C=O) groups is 1. The van der Waals surface area contributed by atoms with E-state index < -0.39 is 18.3 Å². The van der Waals surface area contributed by atoms with Gasteiger partial charge >= 0.3 is 6.09 Å². The van der Waals surface area contributed by atoms with E-state index in [1.54, 1.807) is 0 Å². The first-order valence-electron chi connectivity index (χ1n) is 6.16. The molecule has 6 nitrogen and oxygen atoms in total. The first-order chi connectivity index (χ1) is 8.50. The van der Waals surface area contributed by atoms with Gasteiger partial charge < -0.3 is 10.0 Å². The van der Waals surface area contributed by atoms with E-state index in [-0.39, 0.29) is 11.3 Å². The zero-order valence-corrected chi connectivity index (χ0v) is 10.3. The van der Waals surface area contributed by atoms with E-state index in [1.165, 1.54) is 4.90 Å². The summed E-state index contributed by atoms with van der Waals surface area (Å²) in [6, 6.07) is -0.645. The van der Waals surface area contributed by atoms with Gasteiger partial charge in [-0.25, -0.2) is 9.18 Å². The van der Waals surface area contributed by atoms with Crippen LogP contribution in [0, 0.1) is 11.3 Å². The van der Waals surface area contributed by atoms with Gasteiger partial charge in [-0.05, 0) is 36.1 Å². The number of piperidine rings is 1. The van der Waals surface area contributed by atoms with Crippen molar-refractivity contribution >= 4 is 6.09 Å². The summed E-state index contributed by atoms with van der Waals surface area (Å²) in [6.45, 7) is 2.61. The molecule has 1 saturated heterocycles. The molecule has 0 aromatic carbocycles. The maximum absolute atomic E-state index is 14.1. The van der Waals surface area contributed by atoms with Crippen molar-refractivity contribution in [2.75, 3.05) is 13.1 Å². The Morgan fingerprint density at radius 2 is 2.17 bits per heavy atom. The van der Waals surface area contributed by atoms with Crippen molar-refractivity contribution in [3.8, 4) is 0 Å². The highest BCUT2D eigenvalue weighted by Gasteiger charge is 2.53. The average Bonchev–Trinajstić information content (AvgIpc) is 2.55. The Balaban J connectivity index is 2.16. The number of rotatable bonds is 1. The highest BCUT2D eigenvalue weighted by Crippen LogP contribution is 2.51. The van der Waals surface area contributed by atoms with Gasteiger partial charge in [-0.2, -0.15) is 0 Å². The van der Waals surface area contributed by atoms with Crippen molar-refractivity contribution in [2.45, 2.75) is 38.4 Å². The molecule has 3 atom stereocenters. The Hall–Kier alpha value is -1.49. The zero-order valence-electron chi connectivity index (χ0n) is 10.3. The van der Waals surface area contributed by atoms with Crippen molar-refractivity contribution in [2.24, 2.45) is 16.4 Å². The average molecular weight is 256 g/mol. The minimum absolute atomic E-state index is 0.128. The number of alkyl halides is 1. The number of azide groups is 1. The van der Waals surface area contributed by atoms with Gasteiger partial charge in [0.15, 0.2) is 0 Å². The number of halogens is 1. The monoisotopic (exact) mass is 256 g/mol. The number of hydrogen-bond acceptors (Lipinski definition) is 2. The summed E-state index contributed by atoms with van der Waals surface area (Å²) in [5, 5.41) is 12.6. The van der Waals surface area contributed by atoms with Crippen LogP contribution in [0.4, 0.5) is 9.18 Å². The molecule has 1 aliphatic heterocycles. The lowest BCUT2D eigenvalue weighted by atomic mass is 9.74. The fraction of sp³-hybridized carbons (Fsp3) is 0.909. The summed E-state index contributed by atoms with van der Waals surface area (Å²) in [7, 11) is 0. The molecule has 0 bridgehead atoms. The first-order valence-corrected chi connectivity index (χ1v) is 6.16. The molecule has 1 N–H and O–H groups in total. The molecule has 7 heteroatoms. The van der Waals surface area contributed by atoms with Crippen LogP contribution in [0.3, 0.4) is 0 Å². The van der Waals surface area contributed by atoms with E-state index >= 15 is 0 Å². The Labute approximate surface area is 104 Å². The van der Waals surface area contributed by atoms with E-state index in [0.717, 1.165) is 0 Å². The highest BCUT2D eigenvalue weighted by atomic mass is 19.1. The molecule has 2 rings (SSSR count). The molecule has 0 unspecified atom stereocenters. The lowest BCUT2D eigenvalue weighted by Crippen LogP contribution is -2.46. The third-order valence-corrected chi connectivity index (χ3v) is 4.41. The van der Waals surface area contributed by atoms with Gasteiger partial charge in [0.1, 0.15) is 6.17 Å². The molecular weight excluding hydrogens is 239 g/mol. The Kier molecular flexibility index (Phi) is 3.34. The lowest BCUT2D eigenvalue weighted by molar-refractivity contribution is 0.0771. The molecule has 2 aliphatic rings. The molecule has 0 aromatic heterocycles. The van der Waals surface area contributed by atoms with Crippen molar-refractivity contribution in [3.05, 3.63) is 10.4 Å². The Bertz CT molecular complexity index is 389. The second-order valence-corrected chi connectivity index (χ2v) is 5.41. The predicted molar refractivity (Wildman–Crippen MR) is 62.9 cm³/mol. The molecule has 1 amide bonds. The minimum Gasteiger partial charge on any atom is -0.465 e. The Morgan fingerprint density at radius 1 is 1.56 bits per heavy atom. The molecular formula is C11H17FN4O2. The normalized spacial score (nSPS) is 34.3. The van der Waals surface area contributed by atoms with Crippen LogP contribution >= 0.6 is 0 Å². The van der Waals surface area contributed by atoms with E-state index in [9.17, 15) is 9.18 Å². The van der Waals surface area contributed by atoms with E-state index in [2.05, 4.69) is 10.0 Å². The first kappa shape index (κ1) is 13.0. The quantitative estimate of drug-likeness (QED) is 0.444. The summed E-state index contributed by atoms with van der Waals surface area (Å²) >= 11 is 0. The number of likely N-dealkylation sites (tertiary alicyclic amines) is 1. The van der Waals surface area contributed by atoms with Crippen LogP contribution in [-0.4, -0.2) is 41.4 Å². The summed E-state index contributed by atoms with van der Waals surface area (Å²) in [4.78, 5) is 15.0. The SMILES string of the molecule is C[C@@H]1CC2(CCN(C(=O)O)CC2)[C@H](N=[N+]=[N-])[C@H]1F. The molecule has 0 aromatic rings. The van der Waals surface area contributed by atoms with Gasteiger partial charge in [0, 0.05) is 18.0 Å². The van der Waals surface area contributed by atoms with Gasteiger partial charge in [-0.15, -0.1) is 0 Å². The van der Waals surface area contributed by atoms with E-state index in [4.69, 9.17) is 10.6 Å². The summed E-state index contributed by atoms with van der Waals surface area (Å²) in [6.07, 6.45) is -0.224. The highest BCUT2D eigenvalue weighted by molar-refractivity contribution is 5.65. The van der Waals surface area contributed by atoms with Crippen LogP contribution in [0.25, 0.3) is 10.4 Å². The molecule has 0 radical (unpaired) electrons. The number of carboxylic acid groups (broad SMARTS) is 1. The standard InChI is InChI=1S/C11H17FN4O2/c1-7-6-11(9(8(7)12)14-15-13)2-4-16(5-3-11)10(17)18/h7-9H,2-6H2,1H3,(H,17,18)/t7-,8+,9-/m1/s1. The molecule has 1 saturated carbocycles. The zero-order chi connectivity index (χ0) is 13.3. The molecule has 1 heterocycles. The maximum atomic E-state index is 14.1. The van der Waals surface area contributed by atoms with Crippen LogP contribution in [0.15, 0.2) is 5.11 Å².